The lowest BCUT2D eigenvalue weighted by Gasteiger charge is -2.01. The molecular formula is C15H12N4OS. The molecule has 5 nitrogen and oxygen atoms in total. The molecule has 0 aromatic carbocycles. The fourth-order valence-electron chi connectivity index (χ4n) is 1.85. The summed E-state index contributed by atoms with van der Waals surface area (Å²) in [5.41, 5.74) is 3.38. The summed E-state index contributed by atoms with van der Waals surface area (Å²) in [6.45, 7) is 2.00. The number of thiazole rings is 1. The zero-order valence-corrected chi connectivity index (χ0v) is 12.1. The zero-order chi connectivity index (χ0) is 14.7. The van der Waals surface area contributed by atoms with E-state index in [1.807, 2.05) is 18.4 Å². The van der Waals surface area contributed by atoms with E-state index in [0.29, 0.717) is 10.7 Å². The quantitative estimate of drug-likeness (QED) is 0.806. The largest absolute Gasteiger partial charge is 0.298 e. The molecule has 0 aliphatic heterocycles. The van der Waals surface area contributed by atoms with Gasteiger partial charge < -0.3 is 0 Å². The average Bonchev–Trinajstić information content (AvgIpc) is 2.97. The normalized spacial score (nSPS) is 10.3. The smallest absolute Gasteiger partial charge is 0.259 e. The molecule has 1 N–H and O–H groups in total. The Bertz CT molecular complexity index is 770. The number of hydrogen-bond acceptors (Lipinski definition) is 5. The maximum Gasteiger partial charge on any atom is 0.259 e. The first-order chi connectivity index (χ1) is 10.2. The Morgan fingerprint density at radius 2 is 2.05 bits per heavy atom. The molecule has 0 aliphatic carbocycles. The van der Waals surface area contributed by atoms with E-state index in [-0.39, 0.29) is 5.91 Å². The van der Waals surface area contributed by atoms with Crippen LogP contribution in [0, 0.1) is 6.92 Å². The first-order valence-electron chi connectivity index (χ1n) is 6.32. The molecule has 3 heterocycles. The number of pyridine rings is 2. The van der Waals surface area contributed by atoms with Crippen LogP contribution in [0.3, 0.4) is 0 Å². The lowest BCUT2D eigenvalue weighted by atomic mass is 10.1. The van der Waals surface area contributed by atoms with E-state index in [4.69, 9.17) is 0 Å². The lowest BCUT2D eigenvalue weighted by Crippen LogP contribution is -2.11. The molecule has 3 aromatic heterocycles. The van der Waals surface area contributed by atoms with Crippen LogP contribution >= 0.6 is 11.3 Å². The number of carbonyl (C=O) groups is 1. The van der Waals surface area contributed by atoms with Gasteiger partial charge in [-0.2, -0.15) is 0 Å². The van der Waals surface area contributed by atoms with Crippen LogP contribution < -0.4 is 5.32 Å². The molecule has 0 atom stereocenters. The van der Waals surface area contributed by atoms with Crippen LogP contribution in [0.15, 0.2) is 48.4 Å². The highest BCUT2D eigenvalue weighted by Crippen LogP contribution is 2.26. The number of aromatic nitrogens is 3. The van der Waals surface area contributed by atoms with Gasteiger partial charge in [-0.3, -0.25) is 20.1 Å². The van der Waals surface area contributed by atoms with Crippen molar-refractivity contribution in [2.24, 2.45) is 0 Å². The van der Waals surface area contributed by atoms with E-state index in [1.165, 1.54) is 17.5 Å². The van der Waals surface area contributed by atoms with E-state index < -0.39 is 0 Å². The van der Waals surface area contributed by atoms with Gasteiger partial charge in [-0.05, 0) is 30.7 Å². The van der Waals surface area contributed by atoms with Gasteiger partial charge in [0.1, 0.15) is 0 Å². The summed E-state index contributed by atoms with van der Waals surface area (Å²) in [6.07, 6.45) is 6.67. The highest BCUT2D eigenvalue weighted by atomic mass is 32.1. The molecule has 3 rings (SSSR count). The van der Waals surface area contributed by atoms with Crippen LogP contribution in [0.1, 0.15) is 15.9 Å². The van der Waals surface area contributed by atoms with Crippen LogP contribution in [0.2, 0.25) is 0 Å². The number of carbonyl (C=O) groups excluding carboxylic acids is 1. The lowest BCUT2D eigenvalue weighted by molar-refractivity contribution is 0.102. The minimum atomic E-state index is -0.216. The van der Waals surface area contributed by atoms with Gasteiger partial charge in [0.2, 0.25) is 0 Å². The van der Waals surface area contributed by atoms with Crippen molar-refractivity contribution in [1.29, 1.82) is 0 Å². The van der Waals surface area contributed by atoms with Crippen LogP contribution in [0.5, 0.6) is 0 Å². The van der Waals surface area contributed by atoms with Crippen molar-refractivity contribution in [3.05, 3.63) is 59.5 Å². The van der Waals surface area contributed by atoms with E-state index in [9.17, 15) is 4.79 Å². The average molecular weight is 296 g/mol. The van der Waals surface area contributed by atoms with Crippen LogP contribution in [-0.2, 0) is 0 Å². The molecule has 0 aliphatic rings. The third-order valence-electron chi connectivity index (χ3n) is 2.96. The summed E-state index contributed by atoms with van der Waals surface area (Å²) in [6, 6.07) is 5.37. The number of anilines is 1. The van der Waals surface area contributed by atoms with Gasteiger partial charge in [-0.25, -0.2) is 4.98 Å². The van der Waals surface area contributed by atoms with Gasteiger partial charge in [-0.15, -0.1) is 11.3 Å². The van der Waals surface area contributed by atoms with Crippen LogP contribution in [0.4, 0.5) is 5.13 Å². The fraction of sp³-hybridized carbons (Fsp3) is 0.0667. The van der Waals surface area contributed by atoms with Crippen molar-refractivity contribution in [3.63, 3.8) is 0 Å². The maximum atomic E-state index is 12.0. The fourth-order valence-corrected chi connectivity index (χ4v) is 2.56. The van der Waals surface area contributed by atoms with Crippen molar-refractivity contribution in [3.8, 4) is 11.3 Å². The highest BCUT2D eigenvalue weighted by Gasteiger charge is 2.11. The minimum Gasteiger partial charge on any atom is -0.298 e. The van der Waals surface area contributed by atoms with Crippen molar-refractivity contribution >= 4 is 22.4 Å². The van der Waals surface area contributed by atoms with Crippen molar-refractivity contribution < 1.29 is 4.79 Å². The topological polar surface area (TPSA) is 67.8 Å². The third kappa shape index (κ3) is 2.95. The Balaban J connectivity index is 1.80. The van der Waals surface area contributed by atoms with Gasteiger partial charge >= 0.3 is 0 Å². The summed E-state index contributed by atoms with van der Waals surface area (Å²) in [7, 11) is 0. The first-order valence-corrected chi connectivity index (χ1v) is 7.20. The van der Waals surface area contributed by atoms with Gasteiger partial charge in [-0.1, -0.05) is 0 Å². The number of hydrogen-bond donors (Lipinski definition) is 1. The van der Waals surface area contributed by atoms with E-state index in [1.54, 1.807) is 30.7 Å². The van der Waals surface area contributed by atoms with Gasteiger partial charge in [0, 0.05) is 35.7 Å². The predicted octanol–water partition coefficient (Wildman–Crippen LogP) is 3.16. The summed E-state index contributed by atoms with van der Waals surface area (Å²) in [5, 5.41) is 5.24. The molecular weight excluding hydrogens is 284 g/mol. The maximum absolute atomic E-state index is 12.0. The molecule has 0 unspecified atom stereocenters. The Morgan fingerprint density at radius 1 is 1.19 bits per heavy atom. The molecule has 104 valence electrons. The van der Waals surface area contributed by atoms with Crippen molar-refractivity contribution in [1.82, 2.24) is 15.0 Å². The van der Waals surface area contributed by atoms with Crippen molar-refractivity contribution in [2.75, 3.05) is 5.32 Å². The number of nitrogens with zero attached hydrogens (tertiary/aromatic N) is 3. The molecule has 0 spiro atoms. The predicted molar refractivity (Wildman–Crippen MR) is 82.3 cm³/mol. The Morgan fingerprint density at radius 3 is 2.81 bits per heavy atom. The van der Waals surface area contributed by atoms with Crippen molar-refractivity contribution in [2.45, 2.75) is 6.92 Å². The molecule has 0 fully saturated rings. The number of nitrogens with one attached hydrogen (secondary N) is 1. The molecule has 21 heavy (non-hydrogen) atoms. The molecule has 1 amide bonds. The van der Waals surface area contributed by atoms with E-state index >= 15 is 0 Å². The molecule has 0 bridgehead atoms. The van der Waals surface area contributed by atoms with E-state index in [0.717, 1.165) is 16.8 Å². The third-order valence-corrected chi connectivity index (χ3v) is 3.72. The van der Waals surface area contributed by atoms with Gasteiger partial charge in [0.05, 0.1) is 11.3 Å². The zero-order valence-electron chi connectivity index (χ0n) is 11.3. The second-order valence-corrected chi connectivity index (χ2v) is 5.28. The second-order valence-electron chi connectivity index (χ2n) is 4.42. The van der Waals surface area contributed by atoms with Crippen LogP contribution in [-0.4, -0.2) is 20.9 Å². The minimum absolute atomic E-state index is 0.216. The SMILES string of the molecule is Cc1ccncc1-c1csc(NC(=O)c2cccnc2)n1. The Hall–Kier alpha value is -2.60. The van der Waals surface area contributed by atoms with Crippen LogP contribution in [0.25, 0.3) is 11.3 Å². The Kier molecular flexibility index (Phi) is 3.70. The Labute approximate surface area is 125 Å². The molecule has 6 heteroatoms. The summed E-state index contributed by atoms with van der Waals surface area (Å²) in [4.78, 5) is 24.5. The monoisotopic (exact) mass is 296 g/mol. The number of aryl methyl sites for hydroxylation is 1. The molecule has 3 aromatic rings. The standard InChI is InChI=1S/C15H12N4OS/c1-10-4-6-17-8-12(10)13-9-21-15(18-13)19-14(20)11-3-2-5-16-7-11/h2-9H,1H3,(H,18,19,20). The second kappa shape index (κ2) is 5.80. The van der Waals surface area contributed by atoms with Gasteiger partial charge in [0.25, 0.3) is 5.91 Å². The summed E-state index contributed by atoms with van der Waals surface area (Å²) >= 11 is 1.38. The molecule has 0 radical (unpaired) electrons. The highest BCUT2D eigenvalue weighted by molar-refractivity contribution is 7.14. The molecule has 0 saturated carbocycles. The van der Waals surface area contributed by atoms with Gasteiger partial charge in [0.15, 0.2) is 5.13 Å². The number of rotatable bonds is 3. The summed E-state index contributed by atoms with van der Waals surface area (Å²) < 4.78 is 0. The summed E-state index contributed by atoms with van der Waals surface area (Å²) in [5.74, 6) is -0.216. The molecule has 0 saturated heterocycles. The van der Waals surface area contributed by atoms with E-state index in [2.05, 4.69) is 20.3 Å². The first kappa shape index (κ1) is 13.4. The number of amides is 1.